The molecular weight excluding hydrogens is 264 g/mol. The summed E-state index contributed by atoms with van der Waals surface area (Å²) in [7, 11) is 0. The van der Waals surface area contributed by atoms with E-state index in [0.29, 0.717) is 0 Å². The summed E-state index contributed by atoms with van der Waals surface area (Å²) >= 11 is 0. The van der Waals surface area contributed by atoms with E-state index in [9.17, 15) is 0 Å². The van der Waals surface area contributed by atoms with Gasteiger partial charge in [0.1, 0.15) is 0 Å². The molecule has 0 aliphatic carbocycles. The standard InChI is InChI=1S/C22H18/c1-2-16-11-13-17(14-12-16)22-20-9-5-3-7-18(20)15-19-8-4-6-10-21(19)22/h3-15H,2H2,1H3. The van der Waals surface area contributed by atoms with Crippen LogP contribution in [-0.4, -0.2) is 0 Å². The van der Waals surface area contributed by atoms with E-state index in [1.165, 1.54) is 38.2 Å². The van der Waals surface area contributed by atoms with Gasteiger partial charge in [-0.3, -0.25) is 0 Å². The van der Waals surface area contributed by atoms with E-state index < -0.39 is 0 Å². The van der Waals surface area contributed by atoms with Gasteiger partial charge in [0, 0.05) is 0 Å². The van der Waals surface area contributed by atoms with E-state index in [1.807, 2.05) is 0 Å². The molecule has 0 spiro atoms. The number of hydrogen-bond donors (Lipinski definition) is 0. The average Bonchev–Trinajstić information content (AvgIpc) is 2.60. The van der Waals surface area contributed by atoms with Gasteiger partial charge in [0.2, 0.25) is 0 Å². The van der Waals surface area contributed by atoms with Gasteiger partial charge in [-0.1, -0.05) is 79.7 Å². The SMILES string of the molecule is CCc1ccc(-c2c3ccccc3cc3ccccc23)cc1. The van der Waals surface area contributed by atoms with Crippen molar-refractivity contribution in [2.75, 3.05) is 0 Å². The van der Waals surface area contributed by atoms with E-state index in [-0.39, 0.29) is 0 Å². The molecule has 106 valence electrons. The van der Waals surface area contributed by atoms with Crippen LogP contribution in [0.1, 0.15) is 12.5 Å². The Balaban J connectivity index is 2.11. The summed E-state index contributed by atoms with van der Waals surface area (Å²) in [5, 5.41) is 5.25. The van der Waals surface area contributed by atoms with Gasteiger partial charge in [-0.05, 0) is 50.7 Å². The second-order valence-electron chi connectivity index (χ2n) is 5.74. The lowest BCUT2D eigenvalue weighted by Gasteiger charge is -2.12. The molecule has 0 saturated heterocycles. The Kier molecular flexibility index (Phi) is 3.16. The Morgan fingerprint density at radius 2 is 1.18 bits per heavy atom. The first-order chi connectivity index (χ1) is 10.9. The van der Waals surface area contributed by atoms with Crippen LogP contribution in [0.4, 0.5) is 0 Å². The molecule has 4 aromatic carbocycles. The molecule has 4 aromatic rings. The summed E-state index contributed by atoms with van der Waals surface area (Å²) in [6.07, 6.45) is 1.08. The van der Waals surface area contributed by atoms with Crippen LogP contribution in [0, 0.1) is 0 Å². The van der Waals surface area contributed by atoms with Crippen LogP contribution in [0.15, 0.2) is 78.9 Å². The van der Waals surface area contributed by atoms with Gasteiger partial charge >= 0.3 is 0 Å². The number of aryl methyl sites for hydroxylation is 1. The molecule has 0 aromatic heterocycles. The molecule has 0 atom stereocenters. The average molecular weight is 282 g/mol. The fourth-order valence-corrected chi connectivity index (χ4v) is 3.23. The van der Waals surface area contributed by atoms with Crippen molar-refractivity contribution in [2.24, 2.45) is 0 Å². The Morgan fingerprint density at radius 1 is 0.636 bits per heavy atom. The highest BCUT2D eigenvalue weighted by molar-refractivity contribution is 6.12. The molecule has 0 heterocycles. The number of rotatable bonds is 2. The molecule has 22 heavy (non-hydrogen) atoms. The molecule has 0 radical (unpaired) electrons. The molecule has 0 unspecified atom stereocenters. The van der Waals surface area contributed by atoms with Crippen LogP contribution in [0.25, 0.3) is 32.7 Å². The van der Waals surface area contributed by atoms with E-state index in [1.54, 1.807) is 0 Å². The van der Waals surface area contributed by atoms with Gasteiger partial charge in [0.25, 0.3) is 0 Å². The van der Waals surface area contributed by atoms with Crippen LogP contribution in [0.5, 0.6) is 0 Å². The van der Waals surface area contributed by atoms with Crippen LogP contribution in [-0.2, 0) is 6.42 Å². The topological polar surface area (TPSA) is 0 Å². The highest BCUT2D eigenvalue weighted by Crippen LogP contribution is 2.36. The summed E-state index contributed by atoms with van der Waals surface area (Å²) in [6.45, 7) is 2.20. The minimum atomic E-state index is 1.08. The first-order valence-corrected chi connectivity index (χ1v) is 7.86. The smallest absolute Gasteiger partial charge is 0.00268 e. The Hall–Kier alpha value is -2.60. The quantitative estimate of drug-likeness (QED) is 0.383. The predicted molar refractivity (Wildman–Crippen MR) is 96.3 cm³/mol. The maximum Gasteiger partial charge on any atom is -0.00268 e. The molecule has 0 nitrogen and oxygen atoms in total. The van der Waals surface area contributed by atoms with E-state index >= 15 is 0 Å². The fraction of sp³-hybridized carbons (Fsp3) is 0.0909. The van der Waals surface area contributed by atoms with Crippen molar-refractivity contribution in [1.82, 2.24) is 0 Å². The third-order valence-corrected chi connectivity index (χ3v) is 4.42. The molecule has 0 fully saturated rings. The summed E-state index contributed by atoms with van der Waals surface area (Å²) in [5.74, 6) is 0. The van der Waals surface area contributed by atoms with Crippen molar-refractivity contribution < 1.29 is 0 Å². The van der Waals surface area contributed by atoms with Gasteiger partial charge in [-0.25, -0.2) is 0 Å². The van der Waals surface area contributed by atoms with Crippen molar-refractivity contribution in [3.8, 4) is 11.1 Å². The molecule has 0 aliphatic heterocycles. The van der Waals surface area contributed by atoms with Crippen molar-refractivity contribution in [2.45, 2.75) is 13.3 Å². The minimum absolute atomic E-state index is 1.08. The highest BCUT2D eigenvalue weighted by Gasteiger charge is 2.09. The predicted octanol–water partition coefficient (Wildman–Crippen LogP) is 6.22. The van der Waals surface area contributed by atoms with Gasteiger partial charge in [-0.2, -0.15) is 0 Å². The van der Waals surface area contributed by atoms with Gasteiger partial charge in [0.15, 0.2) is 0 Å². The molecule has 0 saturated carbocycles. The third-order valence-electron chi connectivity index (χ3n) is 4.42. The lowest BCUT2D eigenvalue weighted by molar-refractivity contribution is 1.14. The van der Waals surface area contributed by atoms with Gasteiger partial charge in [0.05, 0.1) is 0 Å². The number of benzene rings is 4. The first kappa shape index (κ1) is 13.1. The van der Waals surface area contributed by atoms with Crippen molar-refractivity contribution >= 4 is 21.5 Å². The lowest BCUT2D eigenvalue weighted by atomic mass is 9.91. The maximum atomic E-state index is 2.29. The van der Waals surface area contributed by atoms with Crippen molar-refractivity contribution in [3.63, 3.8) is 0 Å². The minimum Gasteiger partial charge on any atom is -0.0616 e. The molecule has 0 amide bonds. The number of fused-ring (bicyclic) bond motifs is 2. The van der Waals surface area contributed by atoms with Crippen molar-refractivity contribution in [1.29, 1.82) is 0 Å². The first-order valence-electron chi connectivity index (χ1n) is 7.86. The Morgan fingerprint density at radius 3 is 1.73 bits per heavy atom. The summed E-state index contributed by atoms with van der Waals surface area (Å²) < 4.78 is 0. The fourth-order valence-electron chi connectivity index (χ4n) is 3.23. The van der Waals surface area contributed by atoms with E-state index in [2.05, 4.69) is 85.8 Å². The Labute approximate surface area is 131 Å². The molecule has 0 N–H and O–H groups in total. The molecular formula is C22H18. The van der Waals surface area contributed by atoms with Gasteiger partial charge < -0.3 is 0 Å². The molecule has 0 aliphatic rings. The summed E-state index contributed by atoms with van der Waals surface area (Å²) in [6, 6.07) is 28.6. The van der Waals surface area contributed by atoms with E-state index in [0.717, 1.165) is 6.42 Å². The summed E-state index contributed by atoms with van der Waals surface area (Å²) in [4.78, 5) is 0. The molecule has 4 rings (SSSR count). The maximum absolute atomic E-state index is 2.29. The van der Waals surface area contributed by atoms with Crippen LogP contribution < -0.4 is 0 Å². The third kappa shape index (κ3) is 2.08. The Bertz CT molecular complexity index is 892. The number of hydrogen-bond acceptors (Lipinski definition) is 0. The lowest BCUT2D eigenvalue weighted by Crippen LogP contribution is -1.86. The zero-order valence-electron chi connectivity index (χ0n) is 12.7. The van der Waals surface area contributed by atoms with E-state index in [4.69, 9.17) is 0 Å². The van der Waals surface area contributed by atoms with Crippen LogP contribution in [0.2, 0.25) is 0 Å². The van der Waals surface area contributed by atoms with Crippen LogP contribution in [0.3, 0.4) is 0 Å². The zero-order valence-corrected chi connectivity index (χ0v) is 12.7. The second-order valence-corrected chi connectivity index (χ2v) is 5.74. The normalized spacial score (nSPS) is 11.1. The largest absolute Gasteiger partial charge is 0.0616 e. The monoisotopic (exact) mass is 282 g/mol. The summed E-state index contributed by atoms with van der Waals surface area (Å²) in [5.41, 5.74) is 4.02. The zero-order chi connectivity index (χ0) is 14.9. The van der Waals surface area contributed by atoms with Crippen molar-refractivity contribution in [3.05, 3.63) is 84.4 Å². The molecule has 0 heteroatoms. The highest BCUT2D eigenvalue weighted by atomic mass is 14.1. The van der Waals surface area contributed by atoms with Gasteiger partial charge in [-0.15, -0.1) is 0 Å². The second kappa shape index (κ2) is 5.31. The van der Waals surface area contributed by atoms with Crippen LogP contribution >= 0.6 is 0 Å². The molecule has 0 bridgehead atoms.